The van der Waals surface area contributed by atoms with Gasteiger partial charge in [0.2, 0.25) is 17.7 Å². The predicted molar refractivity (Wildman–Crippen MR) is 108 cm³/mol. The number of carbonyl (C=O) groups excluding carboxylic acids is 3. The third-order valence-electron chi connectivity index (χ3n) is 5.66. The van der Waals surface area contributed by atoms with Crippen molar-refractivity contribution in [2.24, 2.45) is 17.8 Å². The molecule has 1 heterocycles. The number of carbonyl (C=O) groups is 3. The molecule has 1 aliphatic carbocycles. The van der Waals surface area contributed by atoms with E-state index in [2.05, 4.69) is 31.3 Å². The number of hydrogen-bond donors (Lipinski definition) is 1. The van der Waals surface area contributed by atoms with Gasteiger partial charge in [-0.1, -0.05) is 50.3 Å². The predicted octanol–water partition coefficient (Wildman–Crippen LogP) is 3.40. The van der Waals surface area contributed by atoms with E-state index in [1.165, 1.54) is 10.5 Å². The van der Waals surface area contributed by atoms with Crippen LogP contribution in [0.5, 0.6) is 0 Å². The zero-order chi connectivity index (χ0) is 20.3. The van der Waals surface area contributed by atoms with E-state index in [1.54, 1.807) is 0 Å². The first-order valence-electron chi connectivity index (χ1n) is 10.2. The summed E-state index contributed by atoms with van der Waals surface area (Å²) in [5, 5.41) is 2.97. The maximum absolute atomic E-state index is 12.5. The molecule has 0 spiro atoms. The molecule has 1 fully saturated rings. The van der Waals surface area contributed by atoms with Gasteiger partial charge in [-0.25, -0.2) is 0 Å². The van der Waals surface area contributed by atoms with Crippen LogP contribution < -0.4 is 5.32 Å². The number of likely N-dealkylation sites (tertiary alicyclic amines) is 1. The maximum Gasteiger partial charge on any atom is 0.233 e. The highest BCUT2D eigenvalue weighted by Gasteiger charge is 2.46. The summed E-state index contributed by atoms with van der Waals surface area (Å²) in [5.74, 6) is -0.250. The number of imide groups is 1. The van der Waals surface area contributed by atoms with E-state index in [4.69, 9.17) is 0 Å². The fraction of sp³-hybridized carbons (Fsp3) is 0.522. The number of allylic oxidation sites excluding steroid dienone is 2. The number of rotatable bonds is 7. The Bertz CT molecular complexity index is 741. The van der Waals surface area contributed by atoms with Gasteiger partial charge in [0.25, 0.3) is 0 Å². The van der Waals surface area contributed by atoms with Gasteiger partial charge in [-0.15, -0.1) is 0 Å². The Kier molecular flexibility index (Phi) is 6.32. The molecular formula is C23H30N2O3. The molecule has 0 radical (unpaired) electrons. The molecule has 0 aromatic heterocycles. The SMILES string of the molecule is CC(C)Cc1ccc([C@H](C)NC(=O)CCN2C(=O)[C@H]3CC=CC[C@@H]3C2=O)cc1. The van der Waals surface area contributed by atoms with Crippen molar-refractivity contribution in [1.82, 2.24) is 10.2 Å². The molecule has 5 nitrogen and oxygen atoms in total. The number of benzene rings is 1. The standard InChI is InChI=1S/C23H30N2O3/c1-15(2)14-17-8-10-18(11-9-17)16(3)24-21(26)12-13-25-22(27)19-6-4-5-7-20(19)23(25)28/h4-5,8-11,15-16,19-20H,6-7,12-14H2,1-3H3,(H,24,26)/t16-,19-,20-/m0/s1. The van der Waals surface area contributed by atoms with Crippen molar-refractivity contribution >= 4 is 17.7 Å². The molecule has 3 amide bonds. The molecule has 1 saturated heterocycles. The van der Waals surface area contributed by atoms with Crippen molar-refractivity contribution < 1.29 is 14.4 Å². The minimum Gasteiger partial charge on any atom is -0.350 e. The number of amides is 3. The fourth-order valence-electron chi connectivity index (χ4n) is 4.11. The minimum atomic E-state index is -0.233. The van der Waals surface area contributed by atoms with Crippen molar-refractivity contribution in [3.8, 4) is 0 Å². The fourth-order valence-corrected chi connectivity index (χ4v) is 4.11. The van der Waals surface area contributed by atoms with Gasteiger partial charge in [-0.05, 0) is 43.2 Å². The zero-order valence-corrected chi connectivity index (χ0v) is 17.0. The van der Waals surface area contributed by atoms with Crippen LogP contribution in [0.4, 0.5) is 0 Å². The summed E-state index contributed by atoms with van der Waals surface area (Å²) in [6.07, 6.45) is 6.37. The summed E-state index contributed by atoms with van der Waals surface area (Å²) in [4.78, 5) is 38.5. The smallest absolute Gasteiger partial charge is 0.233 e. The molecule has 1 aromatic carbocycles. The molecular weight excluding hydrogens is 352 g/mol. The molecule has 3 atom stereocenters. The van der Waals surface area contributed by atoms with Gasteiger partial charge in [0.15, 0.2) is 0 Å². The first-order valence-corrected chi connectivity index (χ1v) is 10.2. The molecule has 1 N–H and O–H groups in total. The lowest BCUT2D eigenvalue weighted by atomic mass is 9.85. The summed E-state index contributed by atoms with van der Waals surface area (Å²) in [6, 6.07) is 8.20. The van der Waals surface area contributed by atoms with Gasteiger partial charge in [0.1, 0.15) is 0 Å². The summed E-state index contributed by atoms with van der Waals surface area (Å²) in [7, 11) is 0. The van der Waals surface area contributed by atoms with Crippen LogP contribution in [-0.4, -0.2) is 29.2 Å². The van der Waals surface area contributed by atoms with Crippen LogP contribution >= 0.6 is 0 Å². The van der Waals surface area contributed by atoms with Gasteiger partial charge in [-0.3, -0.25) is 19.3 Å². The zero-order valence-electron chi connectivity index (χ0n) is 17.0. The lowest BCUT2D eigenvalue weighted by Gasteiger charge is -2.17. The van der Waals surface area contributed by atoms with E-state index in [9.17, 15) is 14.4 Å². The summed E-state index contributed by atoms with van der Waals surface area (Å²) in [5.41, 5.74) is 2.34. The lowest BCUT2D eigenvalue weighted by molar-refractivity contribution is -0.140. The Morgan fingerprint density at radius 1 is 1.04 bits per heavy atom. The molecule has 0 bridgehead atoms. The van der Waals surface area contributed by atoms with E-state index in [0.717, 1.165) is 12.0 Å². The topological polar surface area (TPSA) is 66.5 Å². The molecule has 0 unspecified atom stereocenters. The highest BCUT2D eigenvalue weighted by Crippen LogP contribution is 2.35. The van der Waals surface area contributed by atoms with Crippen LogP contribution in [-0.2, 0) is 20.8 Å². The second-order valence-corrected chi connectivity index (χ2v) is 8.36. The van der Waals surface area contributed by atoms with Crippen LogP contribution in [0, 0.1) is 17.8 Å². The average molecular weight is 383 g/mol. The first kappa shape index (κ1) is 20.3. The lowest BCUT2D eigenvalue weighted by Crippen LogP contribution is -2.36. The third-order valence-corrected chi connectivity index (χ3v) is 5.66. The number of fused-ring (bicyclic) bond motifs is 1. The van der Waals surface area contributed by atoms with Crippen LogP contribution in [0.2, 0.25) is 0 Å². The quantitative estimate of drug-likeness (QED) is 0.581. The highest BCUT2D eigenvalue weighted by molar-refractivity contribution is 6.05. The Balaban J connectivity index is 1.50. The molecule has 3 rings (SSSR count). The van der Waals surface area contributed by atoms with Crippen molar-refractivity contribution in [1.29, 1.82) is 0 Å². The van der Waals surface area contributed by atoms with E-state index in [0.29, 0.717) is 18.8 Å². The second kappa shape index (κ2) is 8.72. The first-order chi connectivity index (χ1) is 13.4. The summed E-state index contributed by atoms with van der Waals surface area (Å²) >= 11 is 0. The van der Waals surface area contributed by atoms with Crippen LogP contribution in [0.3, 0.4) is 0 Å². The average Bonchev–Trinajstić information content (AvgIpc) is 2.91. The number of nitrogens with one attached hydrogen (secondary N) is 1. The Morgan fingerprint density at radius 2 is 1.61 bits per heavy atom. The van der Waals surface area contributed by atoms with E-state index >= 15 is 0 Å². The van der Waals surface area contributed by atoms with Crippen molar-refractivity contribution in [2.75, 3.05) is 6.54 Å². The number of hydrogen-bond acceptors (Lipinski definition) is 3. The van der Waals surface area contributed by atoms with Crippen LogP contribution in [0.25, 0.3) is 0 Å². The number of nitrogens with zero attached hydrogens (tertiary/aromatic N) is 1. The van der Waals surface area contributed by atoms with Gasteiger partial charge in [0.05, 0.1) is 17.9 Å². The second-order valence-electron chi connectivity index (χ2n) is 8.36. The molecule has 0 saturated carbocycles. The molecule has 150 valence electrons. The summed E-state index contributed by atoms with van der Waals surface area (Å²) < 4.78 is 0. The summed E-state index contributed by atoms with van der Waals surface area (Å²) in [6.45, 7) is 6.49. The normalized spacial score (nSPS) is 22.5. The Morgan fingerprint density at radius 3 is 2.14 bits per heavy atom. The maximum atomic E-state index is 12.5. The van der Waals surface area contributed by atoms with Crippen LogP contribution in [0.15, 0.2) is 36.4 Å². The van der Waals surface area contributed by atoms with Gasteiger partial charge in [-0.2, -0.15) is 0 Å². The van der Waals surface area contributed by atoms with Crippen molar-refractivity contribution in [2.45, 2.75) is 52.5 Å². The van der Waals surface area contributed by atoms with Crippen molar-refractivity contribution in [3.63, 3.8) is 0 Å². The van der Waals surface area contributed by atoms with Crippen LogP contribution in [0.1, 0.15) is 57.2 Å². The van der Waals surface area contributed by atoms with Crippen molar-refractivity contribution in [3.05, 3.63) is 47.5 Å². The van der Waals surface area contributed by atoms with E-state index in [-0.39, 0.29) is 48.6 Å². The Hall–Kier alpha value is -2.43. The van der Waals surface area contributed by atoms with E-state index < -0.39 is 0 Å². The molecule has 1 aliphatic heterocycles. The highest BCUT2D eigenvalue weighted by atomic mass is 16.2. The largest absolute Gasteiger partial charge is 0.350 e. The van der Waals surface area contributed by atoms with Gasteiger partial charge >= 0.3 is 0 Å². The minimum absolute atomic E-state index is 0.114. The van der Waals surface area contributed by atoms with Gasteiger partial charge in [0, 0.05) is 13.0 Å². The van der Waals surface area contributed by atoms with E-state index in [1.807, 2.05) is 31.2 Å². The Labute approximate surface area is 167 Å². The monoisotopic (exact) mass is 382 g/mol. The van der Waals surface area contributed by atoms with Gasteiger partial charge < -0.3 is 5.32 Å². The molecule has 5 heteroatoms. The third kappa shape index (κ3) is 4.51. The molecule has 28 heavy (non-hydrogen) atoms. The molecule has 2 aliphatic rings. The molecule has 1 aromatic rings.